The van der Waals surface area contributed by atoms with Gasteiger partial charge >= 0.3 is 0 Å². The van der Waals surface area contributed by atoms with Crippen molar-refractivity contribution in [3.8, 4) is 5.75 Å². The van der Waals surface area contributed by atoms with Crippen LogP contribution in [0.4, 0.5) is 0 Å². The van der Waals surface area contributed by atoms with E-state index in [0.717, 1.165) is 24.3 Å². The largest absolute Gasteiger partial charge is 0.496 e. The molecule has 1 saturated heterocycles. The molecule has 0 radical (unpaired) electrons. The third kappa shape index (κ3) is 5.21. The van der Waals surface area contributed by atoms with E-state index < -0.39 is 0 Å². The summed E-state index contributed by atoms with van der Waals surface area (Å²) in [7, 11) is 3.78. The van der Waals surface area contributed by atoms with Gasteiger partial charge in [-0.25, -0.2) is 0 Å². The van der Waals surface area contributed by atoms with Gasteiger partial charge in [-0.05, 0) is 38.9 Å². The van der Waals surface area contributed by atoms with E-state index in [2.05, 4.69) is 11.9 Å². The van der Waals surface area contributed by atoms with E-state index in [1.807, 2.05) is 24.3 Å². The van der Waals surface area contributed by atoms with Crippen LogP contribution in [0.2, 0.25) is 0 Å². The summed E-state index contributed by atoms with van der Waals surface area (Å²) in [6.07, 6.45) is 5.11. The molecule has 1 amide bonds. The molecule has 0 spiro atoms. The zero-order valence-electron chi connectivity index (χ0n) is 14.9. The molecule has 1 aliphatic heterocycles. The first-order valence-electron chi connectivity index (χ1n) is 8.86. The molecule has 1 heterocycles. The molecule has 1 fully saturated rings. The number of carbonyl (C=O) groups is 1. The summed E-state index contributed by atoms with van der Waals surface area (Å²) in [6, 6.07) is 8.22. The van der Waals surface area contributed by atoms with Crippen molar-refractivity contribution >= 4 is 5.91 Å². The molecule has 1 N–H and O–H groups in total. The molecular formula is C19H30N2O3. The lowest BCUT2D eigenvalue weighted by atomic mass is 9.98. The maximum absolute atomic E-state index is 12.6. The second kappa shape index (κ2) is 9.64. The molecule has 0 aromatic heterocycles. The minimum absolute atomic E-state index is 0.0236. The second-order valence-electron chi connectivity index (χ2n) is 6.52. The molecule has 1 aromatic carbocycles. The van der Waals surface area contributed by atoms with E-state index in [1.54, 1.807) is 12.0 Å². The number of aliphatic hydroxyl groups is 1. The fourth-order valence-electron chi connectivity index (χ4n) is 3.41. The van der Waals surface area contributed by atoms with Crippen molar-refractivity contribution in [1.82, 2.24) is 9.80 Å². The number of methoxy groups -OCH3 is 1. The number of benzene rings is 1. The molecule has 1 aromatic rings. The fourth-order valence-corrected chi connectivity index (χ4v) is 3.41. The van der Waals surface area contributed by atoms with Crippen molar-refractivity contribution in [1.29, 1.82) is 0 Å². The number of likely N-dealkylation sites (tertiary alicyclic amines) is 1. The molecule has 0 unspecified atom stereocenters. The molecule has 24 heavy (non-hydrogen) atoms. The highest BCUT2D eigenvalue weighted by molar-refractivity contribution is 5.76. The number of hydrogen-bond donors (Lipinski definition) is 1. The van der Waals surface area contributed by atoms with Crippen LogP contribution < -0.4 is 4.74 Å². The van der Waals surface area contributed by atoms with Gasteiger partial charge in [-0.15, -0.1) is 0 Å². The van der Waals surface area contributed by atoms with Crippen molar-refractivity contribution in [2.45, 2.75) is 44.7 Å². The first-order valence-corrected chi connectivity index (χ1v) is 8.86. The van der Waals surface area contributed by atoms with Crippen LogP contribution in [0.3, 0.4) is 0 Å². The molecule has 1 aliphatic rings. The monoisotopic (exact) mass is 334 g/mol. The predicted molar refractivity (Wildman–Crippen MR) is 95.0 cm³/mol. The molecule has 0 aliphatic carbocycles. The van der Waals surface area contributed by atoms with Gasteiger partial charge in [0.2, 0.25) is 5.91 Å². The smallest absolute Gasteiger partial charge is 0.223 e. The average molecular weight is 334 g/mol. The minimum atomic E-state index is -0.0236. The molecule has 0 bridgehead atoms. The van der Waals surface area contributed by atoms with Gasteiger partial charge in [-0.1, -0.05) is 24.6 Å². The Hall–Kier alpha value is -1.59. The van der Waals surface area contributed by atoms with E-state index in [1.165, 1.54) is 19.3 Å². The Morgan fingerprint density at radius 2 is 2.17 bits per heavy atom. The predicted octanol–water partition coefficient (Wildman–Crippen LogP) is 2.28. The van der Waals surface area contributed by atoms with Crippen molar-refractivity contribution in [3.05, 3.63) is 29.8 Å². The highest BCUT2D eigenvalue weighted by atomic mass is 16.5. The Balaban J connectivity index is 1.94. The molecule has 134 valence electrons. The summed E-state index contributed by atoms with van der Waals surface area (Å²) in [5.74, 6) is 0.884. The number of aliphatic hydroxyl groups excluding tert-OH is 1. The third-order valence-corrected chi connectivity index (χ3v) is 4.89. The summed E-state index contributed by atoms with van der Waals surface area (Å²) in [5, 5.41) is 9.32. The van der Waals surface area contributed by atoms with Gasteiger partial charge in [0.25, 0.3) is 0 Å². The molecular weight excluding hydrogens is 304 g/mol. The van der Waals surface area contributed by atoms with Crippen molar-refractivity contribution in [2.75, 3.05) is 33.9 Å². The Morgan fingerprint density at radius 1 is 1.38 bits per heavy atom. The Kier molecular flexibility index (Phi) is 7.53. The number of piperidine rings is 1. The van der Waals surface area contributed by atoms with Crippen LogP contribution in [0.25, 0.3) is 0 Å². The molecule has 5 heteroatoms. The van der Waals surface area contributed by atoms with Gasteiger partial charge < -0.3 is 19.6 Å². The van der Waals surface area contributed by atoms with Gasteiger partial charge in [0.1, 0.15) is 5.75 Å². The minimum Gasteiger partial charge on any atom is -0.496 e. The van der Waals surface area contributed by atoms with Gasteiger partial charge in [0.15, 0.2) is 0 Å². The zero-order chi connectivity index (χ0) is 17.4. The quantitative estimate of drug-likeness (QED) is 0.792. The average Bonchev–Trinajstić information content (AvgIpc) is 2.61. The lowest BCUT2D eigenvalue weighted by Gasteiger charge is -2.33. The van der Waals surface area contributed by atoms with Crippen LogP contribution in [-0.4, -0.2) is 60.7 Å². The molecule has 1 atom stereocenters. The third-order valence-electron chi connectivity index (χ3n) is 4.89. The van der Waals surface area contributed by atoms with Crippen molar-refractivity contribution in [2.24, 2.45) is 0 Å². The number of ether oxygens (including phenoxy) is 1. The molecule has 5 nitrogen and oxygen atoms in total. The normalized spacial score (nSPS) is 18.4. The van der Waals surface area contributed by atoms with Crippen molar-refractivity contribution < 1.29 is 14.6 Å². The summed E-state index contributed by atoms with van der Waals surface area (Å²) in [5.41, 5.74) is 0.969. The van der Waals surface area contributed by atoms with Crippen LogP contribution in [0.5, 0.6) is 5.75 Å². The Morgan fingerprint density at radius 3 is 2.88 bits per heavy atom. The highest BCUT2D eigenvalue weighted by Crippen LogP contribution is 2.22. The maximum atomic E-state index is 12.6. The maximum Gasteiger partial charge on any atom is 0.223 e. The van der Waals surface area contributed by atoms with Crippen LogP contribution in [0.15, 0.2) is 24.3 Å². The summed E-state index contributed by atoms with van der Waals surface area (Å²) < 4.78 is 5.37. The highest BCUT2D eigenvalue weighted by Gasteiger charge is 2.22. The second-order valence-corrected chi connectivity index (χ2v) is 6.52. The Labute approximate surface area is 145 Å². The standard InChI is InChI=1S/C19H30N2O3/c1-20-12-6-5-8-17(20)10-11-19(23)21(13-14-22)15-16-7-3-4-9-18(16)24-2/h3-4,7,9,17,22H,5-6,8,10-15H2,1-2H3/t17-/m1/s1. The molecule has 2 rings (SSSR count). The van der Waals surface area contributed by atoms with E-state index in [9.17, 15) is 9.90 Å². The van der Waals surface area contributed by atoms with Gasteiger partial charge in [-0.2, -0.15) is 0 Å². The van der Waals surface area contributed by atoms with Crippen LogP contribution in [-0.2, 0) is 11.3 Å². The number of amides is 1. The van der Waals surface area contributed by atoms with E-state index >= 15 is 0 Å². The van der Waals surface area contributed by atoms with E-state index in [-0.39, 0.29) is 12.5 Å². The summed E-state index contributed by atoms with van der Waals surface area (Å²) in [6.45, 7) is 1.94. The number of para-hydroxylation sites is 1. The lowest BCUT2D eigenvalue weighted by Crippen LogP contribution is -2.38. The van der Waals surface area contributed by atoms with Gasteiger partial charge in [-0.3, -0.25) is 4.79 Å². The first kappa shape index (κ1) is 18.7. The number of hydrogen-bond acceptors (Lipinski definition) is 4. The van der Waals surface area contributed by atoms with E-state index in [0.29, 0.717) is 25.6 Å². The molecule has 0 saturated carbocycles. The van der Waals surface area contributed by atoms with Gasteiger partial charge in [0.05, 0.1) is 13.7 Å². The van der Waals surface area contributed by atoms with Gasteiger partial charge in [0, 0.05) is 31.1 Å². The number of nitrogens with zero attached hydrogens (tertiary/aromatic N) is 2. The first-order chi connectivity index (χ1) is 11.7. The topological polar surface area (TPSA) is 53.0 Å². The fraction of sp³-hybridized carbons (Fsp3) is 0.632. The van der Waals surface area contributed by atoms with Crippen LogP contribution >= 0.6 is 0 Å². The number of rotatable bonds is 8. The lowest BCUT2D eigenvalue weighted by molar-refractivity contribution is -0.132. The summed E-state index contributed by atoms with van der Waals surface area (Å²) in [4.78, 5) is 16.7. The zero-order valence-corrected chi connectivity index (χ0v) is 14.9. The van der Waals surface area contributed by atoms with Crippen LogP contribution in [0.1, 0.15) is 37.7 Å². The Bertz CT molecular complexity index is 521. The van der Waals surface area contributed by atoms with Crippen molar-refractivity contribution in [3.63, 3.8) is 0 Å². The van der Waals surface area contributed by atoms with Crippen LogP contribution in [0, 0.1) is 0 Å². The number of carbonyl (C=O) groups excluding carboxylic acids is 1. The van der Waals surface area contributed by atoms with E-state index in [4.69, 9.17) is 4.74 Å². The summed E-state index contributed by atoms with van der Waals surface area (Å²) >= 11 is 0. The SMILES string of the molecule is COc1ccccc1CN(CCO)C(=O)CC[C@H]1CCCCN1C.